The van der Waals surface area contributed by atoms with Gasteiger partial charge in [0.15, 0.2) is 0 Å². The molecule has 10 heteroatoms. The summed E-state index contributed by atoms with van der Waals surface area (Å²) in [5.41, 5.74) is 5.68. The van der Waals surface area contributed by atoms with Gasteiger partial charge in [-0.25, -0.2) is 4.98 Å². The lowest BCUT2D eigenvalue weighted by molar-refractivity contribution is -0.385. The first-order chi connectivity index (χ1) is 13.0. The van der Waals surface area contributed by atoms with E-state index in [0.29, 0.717) is 5.56 Å². The number of aryl methyl sites for hydroxylation is 1. The quantitative estimate of drug-likeness (QED) is 0.502. The number of anilines is 1. The van der Waals surface area contributed by atoms with E-state index in [1.54, 1.807) is 36.4 Å². The first kappa shape index (κ1) is 17.7. The molecular formula is C17H14N6O4. The van der Waals surface area contributed by atoms with Crippen molar-refractivity contribution in [1.29, 1.82) is 0 Å². The Bertz CT molecular complexity index is 963. The van der Waals surface area contributed by atoms with Crippen LogP contribution in [0.4, 0.5) is 11.5 Å². The molecule has 0 aliphatic rings. The lowest BCUT2D eigenvalue weighted by atomic mass is 10.1. The van der Waals surface area contributed by atoms with Gasteiger partial charge in [0.25, 0.3) is 5.91 Å². The minimum absolute atomic E-state index is 0.214. The number of aromatic nitrogens is 3. The fourth-order valence-corrected chi connectivity index (χ4v) is 2.11. The van der Waals surface area contributed by atoms with Crippen LogP contribution in [0.25, 0.3) is 0 Å². The summed E-state index contributed by atoms with van der Waals surface area (Å²) in [6.07, 6.45) is 4.01. The zero-order valence-corrected chi connectivity index (χ0v) is 14.1. The van der Waals surface area contributed by atoms with Crippen molar-refractivity contribution in [3.05, 3.63) is 76.4 Å². The van der Waals surface area contributed by atoms with Crippen LogP contribution in [0.1, 0.15) is 15.9 Å². The summed E-state index contributed by atoms with van der Waals surface area (Å²) in [5, 5.41) is 11.5. The van der Waals surface area contributed by atoms with Crippen LogP contribution >= 0.6 is 0 Å². The van der Waals surface area contributed by atoms with Crippen LogP contribution in [-0.2, 0) is 0 Å². The topological polar surface area (TPSA) is 132 Å². The summed E-state index contributed by atoms with van der Waals surface area (Å²) in [5.74, 6) is -0.698. The van der Waals surface area contributed by atoms with Gasteiger partial charge in [-0.1, -0.05) is 17.7 Å². The monoisotopic (exact) mass is 366 g/mol. The molecule has 1 aromatic carbocycles. The highest BCUT2D eigenvalue weighted by atomic mass is 16.6. The van der Waals surface area contributed by atoms with E-state index < -0.39 is 16.5 Å². The van der Waals surface area contributed by atoms with Crippen LogP contribution in [0, 0.1) is 17.0 Å². The zero-order valence-electron chi connectivity index (χ0n) is 14.1. The predicted molar refractivity (Wildman–Crippen MR) is 95.3 cm³/mol. The number of hydrogen-bond donors (Lipinski definition) is 2. The van der Waals surface area contributed by atoms with Crippen molar-refractivity contribution < 1.29 is 14.5 Å². The van der Waals surface area contributed by atoms with Crippen molar-refractivity contribution in [2.24, 2.45) is 0 Å². The summed E-state index contributed by atoms with van der Waals surface area (Å²) in [7, 11) is 0. The van der Waals surface area contributed by atoms with Crippen LogP contribution < -0.4 is 15.6 Å². The summed E-state index contributed by atoms with van der Waals surface area (Å²) in [6, 6.07) is 10.0. The van der Waals surface area contributed by atoms with E-state index >= 15 is 0 Å². The number of nitrogens with one attached hydrogen (secondary N) is 2. The average molecular weight is 366 g/mol. The van der Waals surface area contributed by atoms with Gasteiger partial charge in [-0.15, -0.1) is 0 Å². The highest BCUT2D eigenvalue weighted by molar-refractivity contribution is 5.95. The van der Waals surface area contributed by atoms with Crippen molar-refractivity contribution in [2.45, 2.75) is 6.92 Å². The second-order valence-electron chi connectivity index (χ2n) is 5.37. The molecule has 0 spiro atoms. The first-order valence-corrected chi connectivity index (χ1v) is 7.75. The van der Waals surface area contributed by atoms with E-state index in [1.807, 2.05) is 6.92 Å². The Labute approximate surface area is 153 Å². The molecule has 0 aliphatic carbocycles. The van der Waals surface area contributed by atoms with Crippen molar-refractivity contribution in [1.82, 2.24) is 20.4 Å². The van der Waals surface area contributed by atoms with E-state index in [1.165, 1.54) is 12.4 Å². The summed E-state index contributed by atoms with van der Waals surface area (Å²) in [4.78, 5) is 34.4. The molecular weight excluding hydrogens is 352 g/mol. The van der Waals surface area contributed by atoms with Crippen LogP contribution in [0.3, 0.4) is 0 Å². The maximum absolute atomic E-state index is 12.2. The molecule has 0 saturated carbocycles. The zero-order chi connectivity index (χ0) is 19.2. The molecule has 0 bridgehead atoms. The normalized spacial score (nSPS) is 10.1. The van der Waals surface area contributed by atoms with E-state index in [2.05, 4.69) is 25.8 Å². The maximum atomic E-state index is 12.2. The standard InChI is InChI=1S/C17H14N6O4/c1-11-4-6-12(7-5-11)16(24)22-21-15-14(23(25)26)17(20-10-19-15)27-13-3-2-8-18-9-13/h2-10H,1H3,(H,22,24)(H,19,20,21). The molecule has 3 rings (SSSR count). The number of carbonyl (C=O) groups excluding carboxylic acids is 1. The minimum atomic E-state index is -0.702. The molecule has 2 aromatic heterocycles. The molecule has 3 aromatic rings. The predicted octanol–water partition coefficient (Wildman–Crippen LogP) is 2.64. The van der Waals surface area contributed by atoms with Crippen LogP contribution in [0.2, 0.25) is 0 Å². The van der Waals surface area contributed by atoms with Gasteiger partial charge in [-0.2, -0.15) is 4.98 Å². The Morgan fingerprint density at radius 1 is 1.19 bits per heavy atom. The van der Waals surface area contributed by atoms with Gasteiger partial charge in [-0.05, 0) is 31.2 Å². The van der Waals surface area contributed by atoms with Gasteiger partial charge in [0, 0.05) is 11.8 Å². The Kier molecular flexibility index (Phi) is 5.17. The molecule has 0 saturated heterocycles. The molecule has 10 nitrogen and oxygen atoms in total. The third-order valence-corrected chi connectivity index (χ3v) is 3.43. The van der Waals surface area contributed by atoms with Gasteiger partial charge < -0.3 is 4.74 Å². The number of amides is 1. The summed E-state index contributed by atoms with van der Waals surface area (Å²) >= 11 is 0. The fourth-order valence-electron chi connectivity index (χ4n) is 2.11. The third kappa shape index (κ3) is 4.31. The van der Waals surface area contributed by atoms with Crippen molar-refractivity contribution in [2.75, 3.05) is 5.43 Å². The van der Waals surface area contributed by atoms with E-state index in [4.69, 9.17) is 4.74 Å². The lowest BCUT2D eigenvalue weighted by Crippen LogP contribution is -2.30. The molecule has 27 heavy (non-hydrogen) atoms. The molecule has 0 atom stereocenters. The number of carbonyl (C=O) groups is 1. The molecule has 0 unspecified atom stereocenters. The van der Waals surface area contributed by atoms with Gasteiger partial charge >= 0.3 is 11.6 Å². The van der Waals surface area contributed by atoms with Gasteiger partial charge in [-0.3, -0.25) is 30.7 Å². The highest BCUT2D eigenvalue weighted by Gasteiger charge is 2.25. The molecule has 1 amide bonds. The first-order valence-electron chi connectivity index (χ1n) is 7.75. The summed E-state index contributed by atoms with van der Waals surface area (Å²) < 4.78 is 5.41. The number of ether oxygens (including phenoxy) is 1. The molecule has 0 aliphatic heterocycles. The molecule has 2 N–H and O–H groups in total. The smallest absolute Gasteiger partial charge is 0.374 e. The van der Waals surface area contributed by atoms with Crippen LogP contribution in [-0.4, -0.2) is 25.8 Å². The van der Waals surface area contributed by atoms with Crippen LogP contribution in [0.15, 0.2) is 55.1 Å². The van der Waals surface area contributed by atoms with Crippen molar-refractivity contribution in [3.8, 4) is 11.6 Å². The number of pyridine rings is 1. The van der Waals surface area contributed by atoms with E-state index in [-0.39, 0.29) is 17.4 Å². The van der Waals surface area contributed by atoms with Crippen molar-refractivity contribution >= 4 is 17.4 Å². The highest BCUT2D eigenvalue weighted by Crippen LogP contribution is 2.33. The van der Waals surface area contributed by atoms with Crippen molar-refractivity contribution in [3.63, 3.8) is 0 Å². The Hall–Kier alpha value is -4.08. The lowest BCUT2D eigenvalue weighted by Gasteiger charge is -2.10. The molecule has 2 heterocycles. The number of hydrogen-bond acceptors (Lipinski definition) is 8. The van der Waals surface area contributed by atoms with Gasteiger partial charge in [0.2, 0.25) is 5.82 Å². The molecule has 0 fully saturated rings. The Morgan fingerprint density at radius 2 is 1.96 bits per heavy atom. The maximum Gasteiger partial charge on any atom is 0.374 e. The van der Waals surface area contributed by atoms with Crippen LogP contribution in [0.5, 0.6) is 11.6 Å². The minimum Gasteiger partial charge on any atom is -0.432 e. The second kappa shape index (κ2) is 7.87. The van der Waals surface area contributed by atoms with Gasteiger partial charge in [0.05, 0.1) is 11.1 Å². The number of nitrogens with zero attached hydrogens (tertiary/aromatic N) is 4. The Morgan fingerprint density at radius 3 is 2.63 bits per heavy atom. The third-order valence-electron chi connectivity index (χ3n) is 3.43. The Balaban J connectivity index is 1.80. The van der Waals surface area contributed by atoms with E-state index in [0.717, 1.165) is 11.9 Å². The second-order valence-corrected chi connectivity index (χ2v) is 5.37. The molecule has 136 valence electrons. The number of rotatable bonds is 6. The van der Waals surface area contributed by atoms with E-state index in [9.17, 15) is 14.9 Å². The number of hydrazine groups is 1. The summed E-state index contributed by atoms with van der Waals surface area (Å²) in [6.45, 7) is 1.90. The number of benzene rings is 1. The largest absolute Gasteiger partial charge is 0.432 e. The average Bonchev–Trinajstić information content (AvgIpc) is 2.67. The molecule has 0 radical (unpaired) electrons. The SMILES string of the molecule is Cc1ccc(C(=O)NNc2ncnc(Oc3cccnc3)c2[N+](=O)[O-])cc1. The van der Waals surface area contributed by atoms with Gasteiger partial charge in [0.1, 0.15) is 12.1 Å². The fraction of sp³-hybridized carbons (Fsp3) is 0.0588. The number of nitro groups is 1.